The van der Waals surface area contributed by atoms with Crippen LogP contribution in [0.1, 0.15) is 90.8 Å². The topological polar surface area (TPSA) is 109 Å². The first-order chi connectivity index (χ1) is 17.1. The fraction of sp³-hybridized carbons (Fsp3) is 0.846. The van der Waals surface area contributed by atoms with E-state index in [1.165, 1.54) is 4.90 Å². The molecule has 5 rings (SSSR count). The van der Waals surface area contributed by atoms with Crippen molar-refractivity contribution < 1.29 is 32.7 Å². The van der Waals surface area contributed by atoms with E-state index in [0.717, 1.165) is 19.3 Å². The SMILES string of the molecule is CC(C)C1(c2nc(C3CC(F)(F)C3)no2)CN(C(=O)[C@@H]2C[C@@H](O)C3(CCC3)CN2C(=O)OC(C)(C)C)C1. The maximum Gasteiger partial charge on any atom is 0.410 e. The van der Waals surface area contributed by atoms with Crippen LogP contribution >= 0.6 is 0 Å². The number of carbonyl (C=O) groups is 2. The second kappa shape index (κ2) is 8.61. The van der Waals surface area contributed by atoms with Crippen LogP contribution in [-0.2, 0) is 14.9 Å². The Balaban J connectivity index is 1.32. The van der Waals surface area contributed by atoms with Crippen LogP contribution in [0.5, 0.6) is 0 Å². The number of aromatic nitrogens is 2. The average Bonchev–Trinajstić information content (AvgIpc) is 3.18. The lowest BCUT2D eigenvalue weighted by molar-refractivity contribution is -0.160. The third kappa shape index (κ3) is 4.51. The highest BCUT2D eigenvalue weighted by Crippen LogP contribution is 2.51. The van der Waals surface area contributed by atoms with Gasteiger partial charge in [-0.2, -0.15) is 4.98 Å². The van der Waals surface area contributed by atoms with Crippen molar-refractivity contribution in [2.24, 2.45) is 11.3 Å². The summed E-state index contributed by atoms with van der Waals surface area (Å²) in [5.74, 6) is -2.64. The van der Waals surface area contributed by atoms with Crippen molar-refractivity contribution >= 4 is 12.0 Å². The first kappa shape index (κ1) is 26.3. The van der Waals surface area contributed by atoms with Crippen LogP contribution in [0.15, 0.2) is 4.52 Å². The molecule has 11 heteroatoms. The first-order valence-electron chi connectivity index (χ1n) is 13.3. The molecule has 2 amide bonds. The quantitative estimate of drug-likeness (QED) is 0.637. The maximum atomic E-state index is 13.7. The molecule has 1 aromatic rings. The summed E-state index contributed by atoms with van der Waals surface area (Å²) in [6.45, 7) is 10.3. The molecule has 0 radical (unpaired) electrons. The van der Waals surface area contributed by atoms with E-state index in [4.69, 9.17) is 9.26 Å². The molecule has 1 spiro atoms. The van der Waals surface area contributed by atoms with Crippen LogP contribution in [0.3, 0.4) is 0 Å². The minimum absolute atomic E-state index is 0.0461. The molecule has 3 heterocycles. The van der Waals surface area contributed by atoms with Crippen molar-refractivity contribution in [3.63, 3.8) is 0 Å². The first-order valence-corrected chi connectivity index (χ1v) is 13.3. The highest BCUT2D eigenvalue weighted by atomic mass is 19.3. The second-order valence-electron chi connectivity index (χ2n) is 13.0. The predicted molar refractivity (Wildman–Crippen MR) is 128 cm³/mol. The fourth-order valence-electron chi connectivity index (χ4n) is 6.21. The smallest absolute Gasteiger partial charge is 0.410 e. The molecular formula is C26H38F2N4O5. The molecule has 1 N–H and O–H groups in total. The van der Waals surface area contributed by atoms with Crippen LogP contribution in [0.4, 0.5) is 13.6 Å². The summed E-state index contributed by atoms with van der Waals surface area (Å²) in [7, 11) is 0. The zero-order valence-corrected chi connectivity index (χ0v) is 22.3. The van der Waals surface area contributed by atoms with E-state index >= 15 is 0 Å². The molecule has 37 heavy (non-hydrogen) atoms. The molecule has 9 nitrogen and oxygen atoms in total. The summed E-state index contributed by atoms with van der Waals surface area (Å²) in [5.41, 5.74) is -1.67. The Bertz CT molecular complexity index is 1050. The molecule has 206 valence electrons. The molecule has 2 saturated carbocycles. The van der Waals surface area contributed by atoms with Crippen molar-refractivity contribution in [2.45, 2.75) is 108 Å². The molecule has 0 aromatic carbocycles. The van der Waals surface area contributed by atoms with E-state index in [0.29, 0.717) is 31.3 Å². The molecule has 4 fully saturated rings. The number of halogens is 2. The second-order valence-corrected chi connectivity index (χ2v) is 13.0. The zero-order chi connectivity index (χ0) is 27.0. The van der Waals surface area contributed by atoms with Crippen LogP contribution in [0, 0.1) is 11.3 Å². The standard InChI is InChI=1S/C26H38F2N4O5/c1-15(2)25(21-29-19(30-37-21)16-10-26(27,28)11-16)13-31(14-25)20(34)17-9-18(33)24(7-6-8-24)12-32(17)22(35)36-23(3,4)5/h15-18,33H,6-14H2,1-5H3/t17-,18+/m0/s1. The Labute approximate surface area is 215 Å². The van der Waals surface area contributed by atoms with Gasteiger partial charge in [-0.1, -0.05) is 25.4 Å². The molecule has 2 aliphatic heterocycles. The highest BCUT2D eigenvalue weighted by molar-refractivity contribution is 5.87. The monoisotopic (exact) mass is 524 g/mol. The Hall–Kier alpha value is -2.30. The summed E-state index contributed by atoms with van der Waals surface area (Å²) >= 11 is 0. The number of alkyl halides is 2. The van der Waals surface area contributed by atoms with Gasteiger partial charge in [0.05, 0.1) is 11.5 Å². The van der Waals surface area contributed by atoms with E-state index in [1.807, 2.05) is 13.8 Å². The highest BCUT2D eigenvalue weighted by Gasteiger charge is 2.58. The lowest BCUT2D eigenvalue weighted by atomic mass is 9.61. The zero-order valence-electron chi connectivity index (χ0n) is 22.3. The van der Waals surface area contributed by atoms with Gasteiger partial charge in [0.25, 0.3) is 0 Å². The van der Waals surface area contributed by atoms with E-state index in [9.17, 15) is 23.5 Å². The molecule has 2 atom stereocenters. The molecule has 0 unspecified atom stereocenters. The molecule has 1 aromatic heterocycles. The van der Waals surface area contributed by atoms with Gasteiger partial charge in [0.2, 0.25) is 17.7 Å². The number of aliphatic hydroxyl groups excluding tert-OH is 1. The lowest BCUT2D eigenvalue weighted by Gasteiger charge is -2.56. The number of rotatable bonds is 4. The minimum atomic E-state index is -2.68. The average molecular weight is 525 g/mol. The van der Waals surface area contributed by atoms with Crippen molar-refractivity contribution in [1.82, 2.24) is 19.9 Å². The maximum absolute atomic E-state index is 13.7. The number of hydrogen-bond acceptors (Lipinski definition) is 7. The van der Waals surface area contributed by atoms with Crippen LogP contribution in [0.25, 0.3) is 0 Å². The van der Waals surface area contributed by atoms with Crippen molar-refractivity contribution in [2.75, 3.05) is 19.6 Å². The van der Waals surface area contributed by atoms with E-state index in [2.05, 4.69) is 10.1 Å². The molecule has 4 aliphatic rings. The number of piperidine rings is 1. The third-order valence-corrected chi connectivity index (χ3v) is 8.96. The molecule has 0 bridgehead atoms. The number of hydrogen-bond donors (Lipinski definition) is 1. The van der Waals surface area contributed by atoms with Crippen molar-refractivity contribution in [3.05, 3.63) is 11.7 Å². The van der Waals surface area contributed by atoms with E-state index in [-0.39, 0.29) is 36.5 Å². The number of nitrogens with zero attached hydrogens (tertiary/aromatic N) is 4. The van der Waals surface area contributed by atoms with Gasteiger partial charge in [0.15, 0.2) is 5.82 Å². The summed E-state index contributed by atoms with van der Waals surface area (Å²) in [5, 5.41) is 14.9. The Morgan fingerprint density at radius 2 is 1.81 bits per heavy atom. The number of carbonyl (C=O) groups excluding carboxylic acids is 2. The van der Waals surface area contributed by atoms with Gasteiger partial charge in [-0.3, -0.25) is 9.69 Å². The van der Waals surface area contributed by atoms with Gasteiger partial charge in [-0.25, -0.2) is 13.6 Å². The van der Waals surface area contributed by atoms with Crippen LogP contribution < -0.4 is 0 Å². The van der Waals surface area contributed by atoms with E-state index < -0.39 is 41.1 Å². The van der Waals surface area contributed by atoms with Gasteiger partial charge in [-0.05, 0) is 39.5 Å². The number of amides is 2. The number of ether oxygens (including phenoxy) is 1. The summed E-state index contributed by atoms with van der Waals surface area (Å²) < 4.78 is 37.8. The van der Waals surface area contributed by atoms with Gasteiger partial charge in [-0.15, -0.1) is 0 Å². The van der Waals surface area contributed by atoms with E-state index in [1.54, 1.807) is 25.7 Å². The van der Waals surface area contributed by atoms with Gasteiger partial charge < -0.3 is 19.3 Å². The Morgan fingerprint density at radius 3 is 2.32 bits per heavy atom. The molecule has 2 aliphatic carbocycles. The Morgan fingerprint density at radius 1 is 1.16 bits per heavy atom. The van der Waals surface area contributed by atoms with Crippen molar-refractivity contribution in [1.29, 1.82) is 0 Å². The predicted octanol–water partition coefficient (Wildman–Crippen LogP) is 3.86. The normalized spacial score (nSPS) is 28.5. The number of aliphatic hydroxyl groups is 1. The van der Waals surface area contributed by atoms with Gasteiger partial charge in [0.1, 0.15) is 11.6 Å². The fourth-order valence-corrected chi connectivity index (χ4v) is 6.21. The Kier molecular flexibility index (Phi) is 6.12. The third-order valence-electron chi connectivity index (χ3n) is 8.96. The minimum Gasteiger partial charge on any atom is -0.444 e. The largest absolute Gasteiger partial charge is 0.444 e. The number of likely N-dealkylation sites (tertiary alicyclic amines) is 2. The van der Waals surface area contributed by atoms with Crippen LogP contribution in [0.2, 0.25) is 0 Å². The van der Waals surface area contributed by atoms with Gasteiger partial charge in [0, 0.05) is 50.2 Å². The summed E-state index contributed by atoms with van der Waals surface area (Å²) in [6.07, 6.45) is 1.04. The summed E-state index contributed by atoms with van der Waals surface area (Å²) in [4.78, 5) is 34.5. The molecular weight excluding hydrogens is 486 g/mol. The van der Waals surface area contributed by atoms with Gasteiger partial charge >= 0.3 is 6.09 Å². The van der Waals surface area contributed by atoms with Crippen molar-refractivity contribution in [3.8, 4) is 0 Å². The lowest BCUT2D eigenvalue weighted by Crippen LogP contribution is -2.69. The van der Waals surface area contributed by atoms with Crippen LogP contribution in [-0.4, -0.2) is 80.4 Å². The molecule has 2 saturated heterocycles. The summed E-state index contributed by atoms with van der Waals surface area (Å²) in [6, 6.07) is -0.823.